The van der Waals surface area contributed by atoms with Gasteiger partial charge in [-0.2, -0.15) is 43.9 Å². The highest BCUT2D eigenvalue weighted by Gasteiger charge is 2.87. The first kappa shape index (κ1) is 24.4. The molecule has 0 aromatic rings. The van der Waals surface area contributed by atoms with Crippen molar-refractivity contribution in [3.05, 3.63) is 12.2 Å². The molecular formula is C12H10F12O2. The van der Waals surface area contributed by atoms with Crippen molar-refractivity contribution in [3.63, 3.8) is 0 Å². The first-order chi connectivity index (χ1) is 11.3. The van der Waals surface area contributed by atoms with Crippen LogP contribution in [0.4, 0.5) is 52.7 Å². The van der Waals surface area contributed by atoms with E-state index in [9.17, 15) is 57.5 Å². The van der Waals surface area contributed by atoms with Crippen LogP contribution in [0.25, 0.3) is 0 Å². The quantitative estimate of drug-likeness (QED) is 0.304. The summed E-state index contributed by atoms with van der Waals surface area (Å²) in [6.45, 7) is 1.21. The highest BCUT2D eigenvalue weighted by Crippen LogP contribution is 2.58. The zero-order chi connectivity index (χ0) is 21.4. The van der Waals surface area contributed by atoms with Crippen LogP contribution in [0.15, 0.2) is 12.2 Å². The van der Waals surface area contributed by atoms with Gasteiger partial charge in [0.05, 0.1) is 0 Å². The number of ether oxygens (including phenoxy) is 1. The van der Waals surface area contributed by atoms with Crippen LogP contribution in [0.2, 0.25) is 0 Å². The summed E-state index contributed by atoms with van der Waals surface area (Å²) in [5.41, 5.74) is -0.592. The van der Waals surface area contributed by atoms with E-state index < -0.39 is 54.2 Å². The minimum atomic E-state index is -7.64. The number of carbonyl (C=O) groups is 1. The van der Waals surface area contributed by atoms with Crippen molar-refractivity contribution in [2.75, 3.05) is 6.61 Å². The minimum absolute atomic E-state index is 0.254. The first-order valence-electron chi connectivity index (χ1n) is 6.33. The summed E-state index contributed by atoms with van der Waals surface area (Å²) in [6, 6.07) is 0. The molecule has 0 aliphatic rings. The van der Waals surface area contributed by atoms with Gasteiger partial charge in [-0.1, -0.05) is 13.5 Å². The zero-order valence-corrected chi connectivity index (χ0v) is 12.6. The van der Waals surface area contributed by atoms with Crippen LogP contribution < -0.4 is 0 Å². The topological polar surface area (TPSA) is 26.3 Å². The van der Waals surface area contributed by atoms with E-state index in [1.165, 1.54) is 6.92 Å². The molecule has 0 fully saturated rings. The molecule has 0 N–H and O–H groups in total. The standard InChI is InChI=1S/C12H10F12O2/c1-3-5(2)6(25)26-4-8(15,16)10(19,20)12(23,24)11(21,22)9(17,18)7(13)14/h7H,2-4H2,1H3. The molecule has 0 atom stereocenters. The van der Waals surface area contributed by atoms with Gasteiger partial charge < -0.3 is 4.74 Å². The molecule has 14 heteroatoms. The van der Waals surface area contributed by atoms with Crippen LogP contribution in [0.3, 0.4) is 0 Å². The molecule has 0 rings (SSSR count). The van der Waals surface area contributed by atoms with E-state index in [0.29, 0.717) is 0 Å². The lowest BCUT2D eigenvalue weighted by Crippen LogP contribution is -2.69. The van der Waals surface area contributed by atoms with E-state index in [-0.39, 0.29) is 6.42 Å². The van der Waals surface area contributed by atoms with Crippen molar-refractivity contribution in [1.82, 2.24) is 0 Å². The molecule has 0 saturated carbocycles. The molecule has 154 valence electrons. The molecule has 0 aromatic heterocycles. The third-order valence-electron chi connectivity index (χ3n) is 3.04. The third kappa shape index (κ3) is 3.72. The van der Waals surface area contributed by atoms with E-state index in [0.717, 1.165) is 0 Å². The fraction of sp³-hybridized carbons (Fsp3) is 0.750. The summed E-state index contributed by atoms with van der Waals surface area (Å²) in [7, 11) is 0. The molecule has 0 bridgehead atoms. The highest BCUT2D eigenvalue weighted by atomic mass is 19.4. The number of rotatable bonds is 9. The molecule has 0 spiro atoms. The summed E-state index contributed by atoms with van der Waals surface area (Å²) in [6.07, 6.45) is -5.83. The van der Waals surface area contributed by atoms with Gasteiger partial charge in [-0.05, 0) is 6.42 Å². The van der Waals surface area contributed by atoms with Gasteiger partial charge in [0, 0.05) is 5.57 Å². The minimum Gasteiger partial charge on any atom is -0.456 e. The van der Waals surface area contributed by atoms with Crippen molar-refractivity contribution < 1.29 is 62.2 Å². The molecule has 0 aliphatic heterocycles. The fourth-order valence-corrected chi connectivity index (χ4v) is 1.27. The Balaban J connectivity index is 5.81. The second kappa shape index (κ2) is 7.18. The lowest BCUT2D eigenvalue weighted by Gasteiger charge is -2.38. The largest absolute Gasteiger partial charge is 0.456 e. The summed E-state index contributed by atoms with van der Waals surface area (Å²) >= 11 is 0. The van der Waals surface area contributed by atoms with E-state index >= 15 is 0 Å². The summed E-state index contributed by atoms with van der Waals surface area (Å²) in [5.74, 6) is -37.7. The molecule has 0 radical (unpaired) electrons. The molecule has 0 unspecified atom stereocenters. The van der Waals surface area contributed by atoms with Crippen molar-refractivity contribution in [2.24, 2.45) is 0 Å². The average molecular weight is 414 g/mol. The maximum Gasteiger partial charge on any atom is 0.384 e. The molecule has 0 saturated heterocycles. The summed E-state index contributed by atoms with van der Waals surface area (Å²) in [4.78, 5) is 11.0. The Kier molecular flexibility index (Phi) is 6.73. The molecule has 2 nitrogen and oxygen atoms in total. The molecule has 26 heavy (non-hydrogen) atoms. The Morgan fingerprint density at radius 2 is 1.31 bits per heavy atom. The number of hydrogen-bond acceptors (Lipinski definition) is 2. The van der Waals surface area contributed by atoms with Crippen LogP contribution >= 0.6 is 0 Å². The highest BCUT2D eigenvalue weighted by molar-refractivity contribution is 5.87. The lowest BCUT2D eigenvalue weighted by molar-refractivity contribution is -0.414. The van der Waals surface area contributed by atoms with Crippen LogP contribution in [-0.4, -0.2) is 48.6 Å². The number of hydrogen-bond donors (Lipinski definition) is 0. The van der Waals surface area contributed by atoms with Crippen molar-refractivity contribution in [3.8, 4) is 0 Å². The maximum absolute atomic E-state index is 13.2. The van der Waals surface area contributed by atoms with Gasteiger partial charge in [0.15, 0.2) is 6.61 Å². The second-order valence-corrected chi connectivity index (χ2v) is 4.88. The van der Waals surface area contributed by atoms with Crippen LogP contribution in [0.5, 0.6) is 0 Å². The molecule has 0 heterocycles. The predicted octanol–water partition coefficient (Wildman–Crippen LogP) is 4.94. The van der Waals surface area contributed by atoms with Crippen molar-refractivity contribution >= 4 is 5.97 Å². The van der Waals surface area contributed by atoms with Crippen LogP contribution in [-0.2, 0) is 9.53 Å². The Bertz CT molecular complexity index is 540. The fourth-order valence-electron chi connectivity index (χ4n) is 1.27. The number of alkyl halides is 12. The third-order valence-corrected chi connectivity index (χ3v) is 3.04. The Hall–Kier alpha value is -1.63. The van der Waals surface area contributed by atoms with E-state index in [1.807, 2.05) is 0 Å². The molecule has 0 aromatic carbocycles. The monoisotopic (exact) mass is 414 g/mol. The van der Waals surface area contributed by atoms with Gasteiger partial charge >= 0.3 is 42.0 Å². The zero-order valence-electron chi connectivity index (χ0n) is 12.6. The SMILES string of the molecule is C=C(CC)C(=O)OCC(F)(F)C(F)(F)C(F)(F)C(F)(F)C(F)(F)C(F)F. The van der Waals surface area contributed by atoms with Gasteiger partial charge in [0.1, 0.15) is 0 Å². The summed E-state index contributed by atoms with van der Waals surface area (Å²) < 4.78 is 157. The van der Waals surface area contributed by atoms with E-state index in [1.54, 1.807) is 0 Å². The van der Waals surface area contributed by atoms with Gasteiger partial charge in [0.2, 0.25) is 0 Å². The van der Waals surface area contributed by atoms with Crippen LogP contribution in [0.1, 0.15) is 13.3 Å². The number of halogens is 12. The normalized spacial score (nSPS) is 14.5. The van der Waals surface area contributed by atoms with Gasteiger partial charge in [-0.3, -0.25) is 0 Å². The van der Waals surface area contributed by atoms with Crippen molar-refractivity contribution in [2.45, 2.75) is 49.4 Å². The van der Waals surface area contributed by atoms with Gasteiger partial charge in [-0.15, -0.1) is 0 Å². The van der Waals surface area contributed by atoms with Gasteiger partial charge in [0.25, 0.3) is 0 Å². The molecular weight excluding hydrogens is 404 g/mol. The lowest BCUT2D eigenvalue weighted by atomic mass is 9.94. The van der Waals surface area contributed by atoms with E-state index in [4.69, 9.17) is 0 Å². The maximum atomic E-state index is 13.2. The number of esters is 1. The van der Waals surface area contributed by atoms with Gasteiger partial charge in [-0.25, -0.2) is 13.6 Å². The Labute approximate surface area is 137 Å². The predicted molar refractivity (Wildman–Crippen MR) is 61.1 cm³/mol. The van der Waals surface area contributed by atoms with Crippen LogP contribution in [0, 0.1) is 0 Å². The van der Waals surface area contributed by atoms with E-state index in [2.05, 4.69) is 11.3 Å². The second-order valence-electron chi connectivity index (χ2n) is 4.88. The molecule has 0 aliphatic carbocycles. The smallest absolute Gasteiger partial charge is 0.384 e. The average Bonchev–Trinajstić information content (AvgIpc) is 2.50. The molecule has 0 amide bonds. The number of carbonyl (C=O) groups excluding carboxylic acids is 1. The Morgan fingerprint density at radius 3 is 1.65 bits per heavy atom. The summed E-state index contributed by atoms with van der Waals surface area (Å²) in [5, 5.41) is 0. The first-order valence-corrected chi connectivity index (χ1v) is 6.33. The Morgan fingerprint density at radius 1 is 0.885 bits per heavy atom. The van der Waals surface area contributed by atoms with Crippen molar-refractivity contribution in [1.29, 1.82) is 0 Å².